The van der Waals surface area contributed by atoms with Crippen LogP contribution in [0.4, 0.5) is 0 Å². The molecule has 1 nitrogen and oxygen atoms in total. The molecule has 1 fully saturated rings. The van der Waals surface area contributed by atoms with Crippen LogP contribution in [-0.2, 0) is 0 Å². The summed E-state index contributed by atoms with van der Waals surface area (Å²) in [6, 6.07) is 0.751. The molecule has 0 bridgehead atoms. The molecule has 0 saturated carbocycles. The molecule has 1 heteroatoms. The van der Waals surface area contributed by atoms with Crippen molar-refractivity contribution in [2.45, 2.75) is 65.8 Å². The maximum atomic E-state index is 2.62. The summed E-state index contributed by atoms with van der Waals surface area (Å²) >= 11 is 0. The summed E-state index contributed by atoms with van der Waals surface area (Å²) in [5, 5.41) is 0. The summed E-state index contributed by atoms with van der Waals surface area (Å²) in [5.41, 5.74) is 0.703. The lowest BCUT2D eigenvalue weighted by atomic mass is 9.72. The van der Waals surface area contributed by atoms with E-state index in [-0.39, 0.29) is 0 Å². The number of unbranched alkanes of at least 4 members (excludes halogenated alkanes) is 1. The van der Waals surface area contributed by atoms with E-state index in [4.69, 9.17) is 0 Å². The van der Waals surface area contributed by atoms with Crippen LogP contribution in [0.5, 0.6) is 0 Å². The molecule has 1 rings (SSSR count). The Morgan fingerprint density at radius 2 is 1.71 bits per heavy atom. The number of hydrogen-bond acceptors (Lipinski definition) is 1. The van der Waals surface area contributed by atoms with Gasteiger partial charge in [0.1, 0.15) is 0 Å². The van der Waals surface area contributed by atoms with E-state index in [0.29, 0.717) is 5.41 Å². The summed E-state index contributed by atoms with van der Waals surface area (Å²) in [6.45, 7) is 12.0. The first-order chi connectivity index (χ1) is 6.63. The molecule has 0 atom stereocenters. The Labute approximate surface area is 89.9 Å². The average molecular weight is 197 g/mol. The Morgan fingerprint density at radius 3 is 2.14 bits per heavy atom. The number of nitrogens with zero attached hydrogens (tertiary/aromatic N) is 1. The van der Waals surface area contributed by atoms with Gasteiger partial charge in [0.05, 0.1) is 0 Å². The summed E-state index contributed by atoms with van der Waals surface area (Å²) in [6.07, 6.45) is 7.03. The standard InChI is InChI=1S/C13H27N/c1-5-7-9-13(8-6-2)10-14(11-13)12(3)4/h12H,5-11H2,1-4H3. The van der Waals surface area contributed by atoms with Gasteiger partial charge in [-0.3, -0.25) is 4.90 Å². The van der Waals surface area contributed by atoms with Crippen molar-refractivity contribution in [3.8, 4) is 0 Å². The minimum atomic E-state index is 0.703. The molecule has 0 N–H and O–H groups in total. The molecule has 0 aromatic rings. The topological polar surface area (TPSA) is 3.24 Å². The van der Waals surface area contributed by atoms with Crippen LogP contribution >= 0.6 is 0 Å². The van der Waals surface area contributed by atoms with Crippen molar-refractivity contribution < 1.29 is 0 Å². The second-order valence-electron chi connectivity index (χ2n) is 5.35. The van der Waals surface area contributed by atoms with E-state index in [1.165, 1.54) is 45.2 Å². The third kappa shape index (κ3) is 2.73. The second-order valence-corrected chi connectivity index (χ2v) is 5.35. The van der Waals surface area contributed by atoms with Crippen molar-refractivity contribution in [1.82, 2.24) is 4.90 Å². The molecule has 1 aliphatic rings. The molecule has 84 valence electrons. The summed E-state index contributed by atoms with van der Waals surface area (Å²) in [5.74, 6) is 0. The fourth-order valence-corrected chi connectivity index (χ4v) is 2.70. The van der Waals surface area contributed by atoms with Gasteiger partial charge >= 0.3 is 0 Å². The first-order valence-corrected chi connectivity index (χ1v) is 6.37. The van der Waals surface area contributed by atoms with Gasteiger partial charge in [-0.05, 0) is 32.1 Å². The molecular weight excluding hydrogens is 170 g/mol. The fraction of sp³-hybridized carbons (Fsp3) is 1.00. The van der Waals surface area contributed by atoms with Crippen LogP contribution in [0.1, 0.15) is 59.8 Å². The third-order valence-electron chi connectivity index (χ3n) is 3.65. The van der Waals surface area contributed by atoms with Gasteiger partial charge in [0.2, 0.25) is 0 Å². The largest absolute Gasteiger partial charge is 0.300 e. The lowest BCUT2D eigenvalue weighted by Gasteiger charge is -2.53. The Bertz CT molecular complexity index is 157. The molecule has 1 aliphatic heterocycles. The Balaban J connectivity index is 2.36. The van der Waals surface area contributed by atoms with Crippen LogP contribution in [-0.4, -0.2) is 24.0 Å². The van der Waals surface area contributed by atoms with Gasteiger partial charge in [0.15, 0.2) is 0 Å². The molecule has 0 amide bonds. The number of hydrogen-bond donors (Lipinski definition) is 0. The zero-order valence-corrected chi connectivity index (χ0v) is 10.5. The quantitative estimate of drug-likeness (QED) is 0.628. The summed E-state index contributed by atoms with van der Waals surface area (Å²) < 4.78 is 0. The van der Waals surface area contributed by atoms with Crippen LogP contribution in [0.3, 0.4) is 0 Å². The molecular formula is C13H27N. The Morgan fingerprint density at radius 1 is 1.07 bits per heavy atom. The first kappa shape index (κ1) is 12.0. The van der Waals surface area contributed by atoms with E-state index in [1.54, 1.807) is 0 Å². The zero-order valence-electron chi connectivity index (χ0n) is 10.5. The lowest BCUT2D eigenvalue weighted by molar-refractivity contribution is -0.0357. The molecule has 0 aromatic heterocycles. The molecule has 0 spiro atoms. The van der Waals surface area contributed by atoms with E-state index in [1.807, 2.05) is 0 Å². The van der Waals surface area contributed by atoms with Gasteiger partial charge in [-0.15, -0.1) is 0 Å². The molecule has 1 saturated heterocycles. The highest BCUT2D eigenvalue weighted by Gasteiger charge is 2.41. The average Bonchev–Trinajstić information content (AvgIpc) is 2.08. The van der Waals surface area contributed by atoms with Gasteiger partial charge in [0.25, 0.3) is 0 Å². The van der Waals surface area contributed by atoms with Gasteiger partial charge in [-0.1, -0.05) is 33.1 Å². The molecule has 0 radical (unpaired) electrons. The van der Waals surface area contributed by atoms with E-state index in [9.17, 15) is 0 Å². The second kappa shape index (κ2) is 5.16. The van der Waals surface area contributed by atoms with Gasteiger partial charge in [0, 0.05) is 19.1 Å². The molecule has 14 heavy (non-hydrogen) atoms. The molecule has 0 aliphatic carbocycles. The van der Waals surface area contributed by atoms with E-state index in [0.717, 1.165) is 6.04 Å². The third-order valence-corrected chi connectivity index (χ3v) is 3.65. The highest BCUT2D eigenvalue weighted by molar-refractivity contribution is 4.95. The molecule has 0 aromatic carbocycles. The fourth-order valence-electron chi connectivity index (χ4n) is 2.70. The monoisotopic (exact) mass is 197 g/mol. The number of likely N-dealkylation sites (tertiary alicyclic amines) is 1. The Hall–Kier alpha value is -0.0400. The van der Waals surface area contributed by atoms with Crippen molar-refractivity contribution in [2.24, 2.45) is 5.41 Å². The SMILES string of the molecule is CCCCC1(CCC)CN(C(C)C)C1. The van der Waals surface area contributed by atoms with Gasteiger partial charge < -0.3 is 0 Å². The van der Waals surface area contributed by atoms with Gasteiger partial charge in [-0.2, -0.15) is 0 Å². The van der Waals surface area contributed by atoms with E-state index >= 15 is 0 Å². The maximum absolute atomic E-state index is 2.62. The van der Waals surface area contributed by atoms with Gasteiger partial charge in [-0.25, -0.2) is 0 Å². The van der Waals surface area contributed by atoms with E-state index in [2.05, 4.69) is 32.6 Å². The van der Waals surface area contributed by atoms with Crippen LogP contribution in [0.25, 0.3) is 0 Å². The van der Waals surface area contributed by atoms with Crippen LogP contribution < -0.4 is 0 Å². The smallest absolute Gasteiger partial charge is 0.00532 e. The Kier molecular flexibility index (Phi) is 4.43. The normalized spacial score (nSPS) is 21.2. The van der Waals surface area contributed by atoms with Crippen LogP contribution in [0, 0.1) is 5.41 Å². The van der Waals surface area contributed by atoms with Crippen molar-refractivity contribution >= 4 is 0 Å². The lowest BCUT2D eigenvalue weighted by Crippen LogP contribution is -2.58. The minimum Gasteiger partial charge on any atom is -0.300 e. The summed E-state index contributed by atoms with van der Waals surface area (Å²) in [7, 11) is 0. The number of rotatable bonds is 6. The van der Waals surface area contributed by atoms with Crippen LogP contribution in [0.15, 0.2) is 0 Å². The van der Waals surface area contributed by atoms with Crippen LogP contribution in [0.2, 0.25) is 0 Å². The zero-order chi connectivity index (χ0) is 10.6. The van der Waals surface area contributed by atoms with E-state index < -0.39 is 0 Å². The highest BCUT2D eigenvalue weighted by Crippen LogP contribution is 2.40. The van der Waals surface area contributed by atoms with Crippen molar-refractivity contribution in [3.63, 3.8) is 0 Å². The highest BCUT2D eigenvalue weighted by atomic mass is 15.2. The van der Waals surface area contributed by atoms with Crippen molar-refractivity contribution in [1.29, 1.82) is 0 Å². The predicted octanol–water partition coefficient (Wildman–Crippen LogP) is 3.69. The van der Waals surface area contributed by atoms with Crippen molar-refractivity contribution in [3.05, 3.63) is 0 Å². The maximum Gasteiger partial charge on any atom is 0.00532 e. The molecule has 0 unspecified atom stereocenters. The first-order valence-electron chi connectivity index (χ1n) is 6.37. The molecule has 1 heterocycles. The predicted molar refractivity (Wildman–Crippen MR) is 63.6 cm³/mol. The van der Waals surface area contributed by atoms with Crippen molar-refractivity contribution in [2.75, 3.05) is 13.1 Å². The summed E-state index contributed by atoms with van der Waals surface area (Å²) in [4.78, 5) is 2.62. The minimum absolute atomic E-state index is 0.703.